The summed E-state index contributed by atoms with van der Waals surface area (Å²) in [6, 6.07) is 8.13. The van der Waals surface area contributed by atoms with Crippen molar-refractivity contribution in [1.82, 2.24) is 9.80 Å². The number of allylic oxidation sites excluding steroid dienone is 1. The van der Waals surface area contributed by atoms with Crippen LogP contribution in [0.1, 0.15) is 21.5 Å². The third-order valence-corrected chi connectivity index (χ3v) is 7.04. The zero-order chi connectivity index (χ0) is 31.9. The zero-order valence-electron chi connectivity index (χ0n) is 24.7. The number of amides is 1. The first-order chi connectivity index (χ1) is 21.0. The van der Waals surface area contributed by atoms with E-state index in [2.05, 4.69) is 37.0 Å². The highest BCUT2D eigenvalue weighted by atomic mass is 19.4. The van der Waals surface area contributed by atoms with E-state index in [1.807, 2.05) is 6.92 Å². The van der Waals surface area contributed by atoms with Crippen molar-refractivity contribution in [3.63, 3.8) is 0 Å². The summed E-state index contributed by atoms with van der Waals surface area (Å²) in [5, 5.41) is 5.63. The van der Waals surface area contributed by atoms with E-state index in [4.69, 9.17) is 20.2 Å². The maximum atomic E-state index is 13.5. The maximum Gasteiger partial charge on any atom is 0.420 e. The van der Waals surface area contributed by atoms with Crippen molar-refractivity contribution in [3.05, 3.63) is 77.4 Å². The van der Waals surface area contributed by atoms with E-state index < -0.39 is 17.6 Å². The Balaban J connectivity index is 1.55. The molecule has 2 aliphatic rings. The summed E-state index contributed by atoms with van der Waals surface area (Å²) >= 11 is 0. The molecule has 0 atom stereocenters. The lowest BCUT2D eigenvalue weighted by atomic mass is 10.1. The van der Waals surface area contributed by atoms with Gasteiger partial charge in [-0.15, -0.1) is 0 Å². The standard InChI is InChI=1S/C30H35F3N8O3/c1-5-35-24-18-36-29(41-12-10-40(11-13-41)14-15-43-3)39-26(24)27(34)38-23-16-20(7-6-19(23)2)28(42)37-21-8-9-25(44-4)22(17-21)30(31,32)33/h5-9,16-18,38H,1,10-15,34H2,2-4H3,(H,37,42)/b27-26-,35-24-. The number of alkyl halides is 3. The minimum Gasteiger partial charge on any atom is -0.496 e. The van der Waals surface area contributed by atoms with Gasteiger partial charge in [0.2, 0.25) is 5.96 Å². The lowest BCUT2D eigenvalue weighted by Crippen LogP contribution is -2.49. The fourth-order valence-corrected chi connectivity index (χ4v) is 4.61. The number of piperazine rings is 1. The van der Waals surface area contributed by atoms with Crippen LogP contribution in [-0.2, 0) is 10.9 Å². The van der Waals surface area contributed by atoms with Crippen LogP contribution >= 0.6 is 0 Å². The van der Waals surface area contributed by atoms with Gasteiger partial charge in [-0.3, -0.25) is 14.7 Å². The number of hydrogen-bond acceptors (Lipinski definition) is 10. The maximum absolute atomic E-state index is 13.5. The average molecular weight is 613 g/mol. The van der Waals surface area contributed by atoms with Crippen LogP contribution in [-0.4, -0.2) is 87.1 Å². The number of guanidine groups is 1. The van der Waals surface area contributed by atoms with E-state index in [9.17, 15) is 18.0 Å². The molecule has 1 saturated heterocycles. The zero-order valence-corrected chi connectivity index (χ0v) is 24.7. The third-order valence-electron chi connectivity index (χ3n) is 7.04. The molecule has 0 radical (unpaired) electrons. The molecule has 0 saturated carbocycles. The molecule has 0 bridgehead atoms. The molecule has 0 aromatic heterocycles. The summed E-state index contributed by atoms with van der Waals surface area (Å²) in [6.45, 7) is 10.1. The first kappa shape index (κ1) is 32.2. The summed E-state index contributed by atoms with van der Waals surface area (Å²) in [4.78, 5) is 30.9. The van der Waals surface area contributed by atoms with Crippen LogP contribution in [0.15, 0.2) is 75.7 Å². The van der Waals surface area contributed by atoms with Gasteiger partial charge >= 0.3 is 6.18 Å². The highest BCUT2D eigenvalue weighted by Crippen LogP contribution is 2.37. The summed E-state index contributed by atoms with van der Waals surface area (Å²) < 4.78 is 50.4. The lowest BCUT2D eigenvalue weighted by Gasteiger charge is -2.35. The number of nitrogens with one attached hydrogen (secondary N) is 2. The molecule has 2 aliphatic heterocycles. The normalized spacial score (nSPS) is 17.7. The summed E-state index contributed by atoms with van der Waals surface area (Å²) in [5.41, 5.74) is 7.67. The molecule has 0 spiro atoms. The summed E-state index contributed by atoms with van der Waals surface area (Å²) in [5.74, 6) is -0.287. The van der Waals surface area contributed by atoms with E-state index in [1.165, 1.54) is 12.3 Å². The lowest BCUT2D eigenvalue weighted by molar-refractivity contribution is -0.138. The van der Waals surface area contributed by atoms with Gasteiger partial charge in [0, 0.05) is 63.0 Å². The molecule has 14 heteroatoms. The Hall–Kier alpha value is -4.69. The van der Waals surface area contributed by atoms with Gasteiger partial charge in [0.05, 0.1) is 25.5 Å². The van der Waals surface area contributed by atoms with Gasteiger partial charge in [-0.05, 0) is 42.8 Å². The highest BCUT2D eigenvalue weighted by Gasteiger charge is 2.34. The Kier molecular flexibility index (Phi) is 10.4. The number of benzene rings is 2. The van der Waals surface area contributed by atoms with Crippen molar-refractivity contribution in [3.8, 4) is 5.75 Å². The van der Waals surface area contributed by atoms with Crippen LogP contribution in [0.25, 0.3) is 0 Å². The predicted octanol–water partition coefficient (Wildman–Crippen LogP) is 4.10. The molecular weight excluding hydrogens is 577 g/mol. The minimum absolute atomic E-state index is 0.0343. The SMILES string of the molecule is C=C/N=C1/C=NC(N2CCN(CCOC)CC2)=N/C1=C(/N)Nc1cc(C(=O)Nc2ccc(OC)c(C(F)(F)F)c2)ccc1C. The quantitative estimate of drug-likeness (QED) is 0.389. The number of halogens is 3. The average Bonchev–Trinajstić information content (AvgIpc) is 3.01. The molecular formula is C30H35F3N8O3. The van der Waals surface area contributed by atoms with E-state index in [1.54, 1.807) is 31.5 Å². The molecule has 1 fully saturated rings. The van der Waals surface area contributed by atoms with Crippen molar-refractivity contribution in [2.24, 2.45) is 20.7 Å². The smallest absolute Gasteiger partial charge is 0.420 e. The number of nitrogens with two attached hydrogens (primary N) is 1. The van der Waals surface area contributed by atoms with Gasteiger partial charge < -0.3 is 30.7 Å². The number of carbonyl (C=O) groups excluding carboxylic acids is 1. The van der Waals surface area contributed by atoms with Crippen molar-refractivity contribution >= 4 is 35.2 Å². The number of methoxy groups -OCH3 is 2. The molecule has 4 rings (SSSR count). The van der Waals surface area contributed by atoms with Crippen molar-refractivity contribution < 1.29 is 27.4 Å². The second-order valence-electron chi connectivity index (χ2n) is 9.97. The van der Waals surface area contributed by atoms with Crippen LogP contribution in [0.4, 0.5) is 24.5 Å². The van der Waals surface area contributed by atoms with Crippen molar-refractivity contribution in [2.75, 3.05) is 64.2 Å². The van der Waals surface area contributed by atoms with Crippen LogP contribution in [0.3, 0.4) is 0 Å². The molecule has 0 unspecified atom stereocenters. The Morgan fingerprint density at radius 3 is 2.55 bits per heavy atom. The van der Waals surface area contributed by atoms with E-state index in [0.29, 0.717) is 29.7 Å². The summed E-state index contributed by atoms with van der Waals surface area (Å²) in [7, 11) is 2.83. The first-order valence-corrected chi connectivity index (χ1v) is 13.8. The number of hydrogen-bond donors (Lipinski definition) is 3. The second kappa shape index (κ2) is 14.2. The molecule has 2 aromatic rings. The largest absolute Gasteiger partial charge is 0.496 e. The Morgan fingerprint density at radius 2 is 1.89 bits per heavy atom. The number of ether oxygens (including phenoxy) is 2. The van der Waals surface area contributed by atoms with E-state index >= 15 is 0 Å². The van der Waals surface area contributed by atoms with Crippen molar-refractivity contribution in [2.45, 2.75) is 13.1 Å². The molecule has 1 amide bonds. The topological polar surface area (TPSA) is 129 Å². The number of rotatable bonds is 9. The molecule has 2 aromatic carbocycles. The molecule has 2 heterocycles. The first-order valence-electron chi connectivity index (χ1n) is 13.8. The summed E-state index contributed by atoms with van der Waals surface area (Å²) in [6.07, 6.45) is -1.72. The second-order valence-corrected chi connectivity index (χ2v) is 9.97. The van der Waals surface area contributed by atoms with Crippen LogP contribution in [0.5, 0.6) is 5.75 Å². The fourth-order valence-electron chi connectivity index (χ4n) is 4.61. The van der Waals surface area contributed by atoms with Gasteiger partial charge in [-0.2, -0.15) is 13.2 Å². The third kappa shape index (κ3) is 7.82. The number of aliphatic imine (C=N–C) groups is 3. The molecule has 11 nitrogen and oxygen atoms in total. The fraction of sp³-hybridized carbons (Fsp3) is 0.333. The molecule has 0 aliphatic carbocycles. The van der Waals surface area contributed by atoms with E-state index in [0.717, 1.165) is 57.5 Å². The molecule has 44 heavy (non-hydrogen) atoms. The minimum atomic E-state index is -4.66. The van der Waals surface area contributed by atoms with Gasteiger partial charge in [0.25, 0.3) is 5.91 Å². The van der Waals surface area contributed by atoms with Gasteiger partial charge in [0.15, 0.2) is 0 Å². The van der Waals surface area contributed by atoms with Gasteiger partial charge in [-0.25, -0.2) is 9.98 Å². The molecule has 234 valence electrons. The van der Waals surface area contributed by atoms with Crippen molar-refractivity contribution in [1.29, 1.82) is 0 Å². The van der Waals surface area contributed by atoms with E-state index in [-0.39, 0.29) is 22.8 Å². The Bertz CT molecular complexity index is 1510. The number of nitrogens with zero attached hydrogens (tertiary/aromatic N) is 5. The molecule has 4 N–H and O–H groups in total. The highest BCUT2D eigenvalue weighted by molar-refractivity contribution is 6.41. The number of aryl methyl sites for hydroxylation is 1. The van der Waals surface area contributed by atoms with Crippen LogP contribution < -0.4 is 21.1 Å². The monoisotopic (exact) mass is 612 g/mol. The number of anilines is 2. The van der Waals surface area contributed by atoms with Crippen LogP contribution in [0, 0.1) is 6.92 Å². The predicted molar refractivity (Wildman–Crippen MR) is 165 cm³/mol. The Morgan fingerprint density at radius 1 is 1.14 bits per heavy atom. The number of carbonyl (C=O) groups is 1. The van der Waals surface area contributed by atoms with Gasteiger partial charge in [0.1, 0.15) is 23.0 Å². The van der Waals surface area contributed by atoms with Crippen LogP contribution in [0.2, 0.25) is 0 Å². The Labute approximate surface area is 253 Å². The van der Waals surface area contributed by atoms with Gasteiger partial charge in [-0.1, -0.05) is 12.6 Å².